The monoisotopic (exact) mass is 192 g/mol. The van der Waals surface area contributed by atoms with Crippen LogP contribution in [0.15, 0.2) is 18.5 Å². The summed E-state index contributed by atoms with van der Waals surface area (Å²) >= 11 is 0. The van der Waals surface area contributed by atoms with Crippen LogP contribution in [0.4, 0.5) is 0 Å². The number of hydrogen-bond donors (Lipinski definition) is 1. The molecule has 2 heterocycles. The van der Waals surface area contributed by atoms with Crippen molar-refractivity contribution in [2.75, 3.05) is 19.6 Å². The molecule has 0 amide bonds. The van der Waals surface area contributed by atoms with Crippen molar-refractivity contribution < 1.29 is 0 Å². The molecule has 1 aliphatic heterocycles. The molecule has 4 heteroatoms. The summed E-state index contributed by atoms with van der Waals surface area (Å²) in [6, 6.07) is 1.84. The number of rotatable bonds is 3. The topological polar surface area (TPSA) is 55.0 Å². The molecular weight excluding hydrogens is 176 g/mol. The van der Waals surface area contributed by atoms with E-state index in [-0.39, 0.29) is 0 Å². The van der Waals surface area contributed by atoms with Crippen LogP contribution in [0.5, 0.6) is 0 Å². The number of hydrogen-bond acceptors (Lipinski definition) is 4. The Morgan fingerprint density at radius 1 is 1.43 bits per heavy atom. The highest BCUT2D eigenvalue weighted by molar-refractivity contribution is 4.90. The van der Waals surface area contributed by atoms with Crippen molar-refractivity contribution >= 4 is 0 Å². The summed E-state index contributed by atoms with van der Waals surface area (Å²) in [7, 11) is 0. The first-order valence-electron chi connectivity index (χ1n) is 5.07. The van der Waals surface area contributed by atoms with Gasteiger partial charge in [0.15, 0.2) is 0 Å². The summed E-state index contributed by atoms with van der Waals surface area (Å²) in [5.41, 5.74) is 5.63. The molecule has 2 N–H and O–H groups in total. The van der Waals surface area contributed by atoms with Crippen molar-refractivity contribution in [3.8, 4) is 0 Å². The summed E-state index contributed by atoms with van der Waals surface area (Å²) < 4.78 is 0. The summed E-state index contributed by atoms with van der Waals surface area (Å²) in [5, 5.41) is 0. The van der Waals surface area contributed by atoms with E-state index in [4.69, 9.17) is 5.73 Å². The van der Waals surface area contributed by atoms with Crippen molar-refractivity contribution in [3.63, 3.8) is 0 Å². The molecule has 1 aromatic rings. The van der Waals surface area contributed by atoms with Crippen LogP contribution in [-0.2, 0) is 6.54 Å². The van der Waals surface area contributed by atoms with E-state index in [0.717, 1.165) is 32.0 Å². The van der Waals surface area contributed by atoms with Gasteiger partial charge in [0.25, 0.3) is 0 Å². The van der Waals surface area contributed by atoms with Gasteiger partial charge in [-0.1, -0.05) is 0 Å². The van der Waals surface area contributed by atoms with Crippen LogP contribution in [-0.4, -0.2) is 34.5 Å². The molecule has 0 bridgehead atoms. The third kappa shape index (κ3) is 2.27. The fourth-order valence-corrected chi connectivity index (χ4v) is 1.86. The molecule has 1 unspecified atom stereocenters. The highest BCUT2D eigenvalue weighted by Gasteiger charge is 2.21. The van der Waals surface area contributed by atoms with E-state index >= 15 is 0 Å². The second-order valence-electron chi connectivity index (χ2n) is 3.79. The molecule has 1 atom stereocenters. The van der Waals surface area contributed by atoms with Gasteiger partial charge >= 0.3 is 0 Å². The Labute approximate surface area is 84.2 Å². The van der Waals surface area contributed by atoms with Crippen LogP contribution in [0.2, 0.25) is 0 Å². The highest BCUT2D eigenvalue weighted by Crippen LogP contribution is 2.15. The Balaban J connectivity index is 1.88. The van der Waals surface area contributed by atoms with Gasteiger partial charge in [-0.05, 0) is 31.5 Å². The standard InChI is InChI=1S/C10H16N4/c11-6-9-2-5-14(7-9)8-10-12-3-1-4-13-10/h1,3-4,9H,2,5-8,11H2. The second kappa shape index (κ2) is 4.48. The fraction of sp³-hybridized carbons (Fsp3) is 0.600. The van der Waals surface area contributed by atoms with Gasteiger partial charge in [-0.25, -0.2) is 9.97 Å². The van der Waals surface area contributed by atoms with E-state index < -0.39 is 0 Å². The van der Waals surface area contributed by atoms with E-state index in [1.165, 1.54) is 6.42 Å². The first-order valence-corrected chi connectivity index (χ1v) is 5.07. The lowest BCUT2D eigenvalue weighted by Crippen LogP contribution is -2.23. The summed E-state index contributed by atoms with van der Waals surface area (Å²) in [6.07, 6.45) is 4.79. The lowest BCUT2D eigenvalue weighted by Gasteiger charge is -2.13. The molecule has 0 aliphatic carbocycles. The minimum Gasteiger partial charge on any atom is -0.330 e. The van der Waals surface area contributed by atoms with Crippen LogP contribution < -0.4 is 5.73 Å². The fourth-order valence-electron chi connectivity index (χ4n) is 1.86. The maximum absolute atomic E-state index is 5.63. The number of nitrogens with zero attached hydrogens (tertiary/aromatic N) is 3. The predicted molar refractivity (Wildman–Crippen MR) is 54.5 cm³/mol. The van der Waals surface area contributed by atoms with Gasteiger partial charge in [-0.2, -0.15) is 0 Å². The average Bonchev–Trinajstić information content (AvgIpc) is 2.67. The summed E-state index contributed by atoms with van der Waals surface area (Å²) in [4.78, 5) is 10.8. The summed E-state index contributed by atoms with van der Waals surface area (Å²) in [6.45, 7) is 3.87. The van der Waals surface area contributed by atoms with Crippen molar-refractivity contribution in [2.24, 2.45) is 11.7 Å². The molecule has 76 valence electrons. The smallest absolute Gasteiger partial charge is 0.142 e. The third-order valence-electron chi connectivity index (χ3n) is 2.69. The van der Waals surface area contributed by atoms with Crippen LogP contribution in [0.25, 0.3) is 0 Å². The van der Waals surface area contributed by atoms with Gasteiger partial charge in [-0.15, -0.1) is 0 Å². The van der Waals surface area contributed by atoms with Crippen LogP contribution in [0.1, 0.15) is 12.2 Å². The zero-order valence-corrected chi connectivity index (χ0v) is 8.26. The molecule has 14 heavy (non-hydrogen) atoms. The maximum Gasteiger partial charge on any atom is 0.142 e. The normalized spacial score (nSPS) is 22.8. The second-order valence-corrected chi connectivity index (χ2v) is 3.79. The Kier molecular flexibility index (Phi) is 3.06. The molecule has 0 saturated carbocycles. The SMILES string of the molecule is NCC1CCN(Cc2ncccn2)C1. The van der Waals surface area contributed by atoms with E-state index in [1.807, 2.05) is 6.07 Å². The third-order valence-corrected chi connectivity index (χ3v) is 2.69. The molecule has 0 spiro atoms. The van der Waals surface area contributed by atoms with Gasteiger partial charge < -0.3 is 5.73 Å². The number of nitrogens with two attached hydrogens (primary N) is 1. The molecule has 4 nitrogen and oxygen atoms in total. The van der Waals surface area contributed by atoms with E-state index in [9.17, 15) is 0 Å². The predicted octanol–water partition coefficient (Wildman–Crippen LogP) is 0.257. The van der Waals surface area contributed by atoms with E-state index in [1.54, 1.807) is 12.4 Å². The average molecular weight is 192 g/mol. The zero-order valence-electron chi connectivity index (χ0n) is 8.26. The first-order chi connectivity index (χ1) is 6.88. The molecule has 1 fully saturated rings. The molecule has 0 aromatic carbocycles. The van der Waals surface area contributed by atoms with Crippen molar-refractivity contribution in [1.29, 1.82) is 0 Å². The first kappa shape index (κ1) is 9.55. The van der Waals surface area contributed by atoms with Crippen LogP contribution in [0.3, 0.4) is 0 Å². The Morgan fingerprint density at radius 2 is 2.21 bits per heavy atom. The van der Waals surface area contributed by atoms with Crippen LogP contribution >= 0.6 is 0 Å². The summed E-state index contributed by atoms with van der Waals surface area (Å²) in [5.74, 6) is 1.57. The van der Waals surface area contributed by atoms with Gasteiger partial charge in [-0.3, -0.25) is 4.90 Å². The largest absolute Gasteiger partial charge is 0.330 e. The minimum atomic E-state index is 0.665. The lowest BCUT2D eigenvalue weighted by atomic mass is 10.1. The molecular formula is C10H16N4. The lowest BCUT2D eigenvalue weighted by molar-refractivity contribution is 0.309. The van der Waals surface area contributed by atoms with Gasteiger partial charge in [0, 0.05) is 18.9 Å². The Bertz CT molecular complexity index is 275. The van der Waals surface area contributed by atoms with E-state index in [2.05, 4.69) is 14.9 Å². The number of aromatic nitrogens is 2. The van der Waals surface area contributed by atoms with Crippen molar-refractivity contribution in [1.82, 2.24) is 14.9 Å². The number of likely N-dealkylation sites (tertiary alicyclic amines) is 1. The Hall–Kier alpha value is -1.00. The molecule has 1 saturated heterocycles. The molecule has 1 aromatic heterocycles. The molecule has 0 radical (unpaired) electrons. The quantitative estimate of drug-likeness (QED) is 0.746. The van der Waals surface area contributed by atoms with Gasteiger partial charge in [0.05, 0.1) is 6.54 Å². The maximum atomic E-state index is 5.63. The van der Waals surface area contributed by atoms with Crippen LogP contribution in [0, 0.1) is 5.92 Å². The van der Waals surface area contributed by atoms with E-state index in [0.29, 0.717) is 5.92 Å². The Morgan fingerprint density at radius 3 is 2.86 bits per heavy atom. The zero-order chi connectivity index (χ0) is 9.80. The molecule has 2 rings (SSSR count). The van der Waals surface area contributed by atoms with Gasteiger partial charge in [0.1, 0.15) is 5.82 Å². The van der Waals surface area contributed by atoms with Gasteiger partial charge in [0.2, 0.25) is 0 Å². The minimum absolute atomic E-state index is 0.665. The van der Waals surface area contributed by atoms with Crippen molar-refractivity contribution in [3.05, 3.63) is 24.3 Å². The van der Waals surface area contributed by atoms with Crippen molar-refractivity contribution in [2.45, 2.75) is 13.0 Å². The highest BCUT2D eigenvalue weighted by atomic mass is 15.2. The molecule has 1 aliphatic rings.